The van der Waals surface area contributed by atoms with Crippen molar-refractivity contribution in [3.05, 3.63) is 69.3 Å². The van der Waals surface area contributed by atoms with Crippen molar-refractivity contribution in [3.8, 4) is 0 Å². The number of methoxy groups -OCH3 is 1. The number of fused-ring (bicyclic) bond motifs is 8. The van der Waals surface area contributed by atoms with E-state index in [0.717, 1.165) is 69.5 Å². The van der Waals surface area contributed by atoms with Crippen LogP contribution >= 0.6 is 0 Å². The Bertz CT molecular complexity index is 1660. The third-order valence-corrected chi connectivity index (χ3v) is 9.04. The first-order valence-electron chi connectivity index (χ1n) is 14.6. The zero-order valence-electron chi connectivity index (χ0n) is 25.2. The van der Waals surface area contributed by atoms with Gasteiger partial charge >= 0.3 is 0 Å². The van der Waals surface area contributed by atoms with Crippen LogP contribution in [0.25, 0.3) is 33.2 Å². The Labute approximate surface area is 237 Å². The van der Waals surface area contributed by atoms with Crippen LogP contribution < -0.4 is 0 Å². The summed E-state index contributed by atoms with van der Waals surface area (Å²) in [4.78, 5) is 29.7. The third kappa shape index (κ3) is 4.83. The maximum absolute atomic E-state index is 11.9. The fraction of sp³-hybridized carbons (Fsp3) is 0.441. The summed E-state index contributed by atoms with van der Waals surface area (Å²) in [5.74, 6) is 0.102. The first-order valence-corrected chi connectivity index (χ1v) is 14.6. The number of aldehydes is 1. The van der Waals surface area contributed by atoms with Crippen LogP contribution in [-0.2, 0) is 16.0 Å². The summed E-state index contributed by atoms with van der Waals surface area (Å²) in [5.41, 5.74) is 15.8. The maximum Gasteiger partial charge on any atom is 0.125 e. The van der Waals surface area contributed by atoms with Crippen molar-refractivity contribution in [1.82, 2.24) is 19.9 Å². The SMILES string of the molecule is CCC1=C(C)c2cc3[nH]c(cc4nc(c(C)c5cc(C)c(cc1n2)[nH]5)[C@@H](CC(C=O)COC)[C@@H]4C)c(C)c3CC. The molecule has 0 saturated carbocycles. The van der Waals surface area contributed by atoms with E-state index in [1.807, 2.05) is 0 Å². The summed E-state index contributed by atoms with van der Waals surface area (Å²) in [6.07, 6.45) is 3.59. The molecule has 8 bridgehead atoms. The highest BCUT2D eigenvalue weighted by molar-refractivity contribution is 5.92. The summed E-state index contributed by atoms with van der Waals surface area (Å²) in [7, 11) is 1.66. The Morgan fingerprint density at radius 1 is 0.900 bits per heavy atom. The number of carbonyl (C=O) groups excluding carboxylic acids is 1. The van der Waals surface area contributed by atoms with E-state index >= 15 is 0 Å². The van der Waals surface area contributed by atoms with Gasteiger partial charge in [0.2, 0.25) is 0 Å². The van der Waals surface area contributed by atoms with Crippen LogP contribution in [0.2, 0.25) is 0 Å². The normalized spacial score (nSPS) is 17.9. The Morgan fingerprint density at radius 2 is 1.60 bits per heavy atom. The molecule has 0 saturated heterocycles. The fourth-order valence-electron chi connectivity index (χ4n) is 6.53. The molecule has 5 heterocycles. The van der Waals surface area contributed by atoms with E-state index in [-0.39, 0.29) is 17.8 Å². The molecular weight excluding hydrogens is 496 g/mol. The second-order valence-electron chi connectivity index (χ2n) is 11.5. The molecule has 0 radical (unpaired) electrons. The molecule has 2 aliphatic rings. The van der Waals surface area contributed by atoms with E-state index in [1.165, 1.54) is 27.8 Å². The largest absolute Gasteiger partial charge is 0.384 e. The summed E-state index contributed by atoms with van der Waals surface area (Å²) in [6, 6.07) is 8.83. The molecule has 0 aromatic carbocycles. The lowest BCUT2D eigenvalue weighted by molar-refractivity contribution is -0.112. The summed E-state index contributed by atoms with van der Waals surface area (Å²) < 4.78 is 5.37. The number of allylic oxidation sites excluding steroid dienone is 2. The Kier molecular flexibility index (Phi) is 7.83. The zero-order valence-corrected chi connectivity index (χ0v) is 25.2. The zero-order chi connectivity index (χ0) is 28.7. The fourth-order valence-corrected chi connectivity index (χ4v) is 6.53. The van der Waals surface area contributed by atoms with E-state index in [0.29, 0.717) is 13.0 Å². The Hall–Kier alpha value is -3.51. The summed E-state index contributed by atoms with van der Waals surface area (Å²) in [5, 5.41) is 0. The van der Waals surface area contributed by atoms with E-state index < -0.39 is 0 Å². The molecule has 0 fully saturated rings. The number of ether oxygens (including phenoxy) is 1. The van der Waals surface area contributed by atoms with Crippen LogP contribution in [-0.4, -0.2) is 39.9 Å². The van der Waals surface area contributed by atoms with E-state index in [2.05, 4.69) is 82.7 Å². The maximum atomic E-state index is 11.9. The average molecular weight is 539 g/mol. The molecule has 5 rings (SSSR count). The van der Waals surface area contributed by atoms with Gasteiger partial charge in [-0.1, -0.05) is 20.8 Å². The molecule has 0 aliphatic carbocycles. The third-order valence-electron chi connectivity index (χ3n) is 9.04. The van der Waals surface area contributed by atoms with Crippen molar-refractivity contribution in [2.75, 3.05) is 13.7 Å². The molecule has 6 nitrogen and oxygen atoms in total. The lowest BCUT2D eigenvalue weighted by atomic mass is 9.83. The number of carbonyl (C=O) groups is 1. The molecule has 0 amide bonds. The van der Waals surface area contributed by atoms with Crippen LogP contribution in [0.4, 0.5) is 0 Å². The minimum atomic E-state index is -0.175. The predicted molar refractivity (Wildman–Crippen MR) is 165 cm³/mol. The standard InChI is InChI=1S/C34H42N4O2/c1-9-24-20(5)30-15-33-25(10-2)19(4)29(36-33)14-31-21(6)26(12-23(16-39)17-40-8)34(38-31)22(7)28-11-18(3)27(35-28)13-32(24)37-30/h11,13-16,21,23,26,35-36H,9-10,12,17H2,1-8H3/t21-,23?,26-/m0/s1. The molecule has 210 valence electrons. The van der Waals surface area contributed by atoms with Gasteiger partial charge in [0.25, 0.3) is 0 Å². The minimum Gasteiger partial charge on any atom is -0.384 e. The van der Waals surface area contributed by atoms with Gasteiger partial charge in [-0.2, -0.15) is 0 Å². The van der Waals surface area contributed by atoms with E-state index in [9.17, 15) is 4.79 Å². The molecule has 2 aliphatic heterocycles. The molecule has 3 aromatic heterocycles. The van der Waals surface area contributed by atoms with Gasteiger partial charge in [0.1, 0.15) is 6.29 Å². The number of nitrogens with one attached hydrogen (secondary N) is 2. The molecule has 6 heteroatoms. The number of rotatable bonds is 7. The lowest BCUT2D eigenvalue weighted by Crippen LogP contribution is -2.16. The Morgan fingerprint density at radius 3 is 2.27 bits per heavy atom. The lowest BCUT2D eigenvalue weighted by Gasteiger charge is -2.20. The highest BCUT2D eigenvalue weighted by Crippen LogP contribution is 2.42. The second kappa shape index (κ2) is 11.2. The molecule has 40 heavy (non-hydrogen) atoms. The topological polar surface area (TPSA) is 83.7 Å². The number of nitrogens with zero attached hydrogens (tertiary/aromatic N) is 2. The van der Waals surface area contributed by atoms with Gasteiger partial charge in [-0.25, -0.2) is 4.98 Å². The van der Waals surface area contributed by atoms with Crippen molar-refractivity contribution in [2.45, 2.75) is 79.6 Å². The number of hydrogen-bond acceptors (Lipinski definition) is 4. The highest BCUT2D eigenvalue weighted by Gasteiger charge is 2.32. The number of hydrogen-bond donors (Lipinski definition) is 2. The van der Waals surface area contributed by atoms with Gasteiger partial charge in [0, 0.05) is 58.3 Å². The minimum absolute atomic E-state index is 0.114. The first kappa shape index (κ1) is 28.0. The van der Waals surface area contributed by atoms with Crippen molar-refractivity contribution in [3.63, 3.8) is 0 Å². The monoisotopic (exact) mass is 538 g/mol. The average Bonchev–Trinajstić information content (AvgIpc) is 3.63. The first-order chi connectivity index (χ1) is 19.2. The highest BCUT2D eigenvalue weighted by atomic mass is 16.5. The van der Waals surface area contributed by atoms with E-state index in [4.69, 9.17) is 14.7 Å². The van der Waals surface area contributed by atoms with Crippen molar-refractivity contribution in [2.24, 2.45) is 5.92 Å². The van der Waals surface area contributed by atoms with Crippen molar-refractivity contribution < 1.29 is 9.53 Å². The number of aryl methyl sites for hydroxylation is 4. The second-order valence-corrected chi connectivity index (χ2v) is 11.5. The molecule has 3 aromatic rings. The van der Waals surface area contributed by atoms with Gasteiger partial charge in [0.15, 0.2) is 0 Å². The van der Waals surface area contributed by atoms with Crippen LogP contribution in [0, 0.1) is 26.7 Å². The molecule has 3 atom stereocenters. The van der Waals surface area contributed by atoms with Gasteiger partial charge in [-0.05, 0) is 105 Å². The van der Waals surface area contributed by atoms with Gasteiger partial charge in [0.05, 0.1) is 18.0 Å². The summed E-state index contributed by atoms with van der Waals surface area (Å²) in [6.45, 7) is 15.7. The molecule has 2 N–H and O–H groups in total. The molecular formula is C34H42N4O2. The quantitative estimate of drug-likeness (QED) is 0.300. The summed E-state index contributed by atoms with van der Waals surface area (Å²) >= 11 is 0. The van der Waals surface area contributed by atoms with E-state index in [1.54, 1.807) is 7.11 Å². The van der Waals surface area contributed by atoms with Crippen molar-refractivity contribution in [1.29, 1.82) is 0 Å². The molecule has 1 unspecified atom stereocenters. The van der Waals surface area contributed by atoms with Gasteiger partial charge in [-0.3, -0.25) is 4.98 Å². The Balaban J connectivity index is 1.88. The number of aromatic amines is 2. The smallest absolute Gasteiger partial charge is 0.125 e. The van der Waals surface area contributed by atoms with Crippen LogP contribution in [0.1, 0.15) is 97.4 Å². The van der Waals surface area contributed by atoms with Crippen LogP contribution in [0.3, 0.4) is 0 Å². The molecule has 0 spiro atoms. The van der Waals surface area contributed by atoms with Crippen molar-refractivity contribution >= 4 is 39.5 Å². The van der Waals surface area contributed by atoms with Gasteiger partial charge < -0.3 is 19.5 Å². The number of H-pyrrole nitrogens is 2. The number of aromatic nitrogens is 4. The predicted octanol–water partition coefficient (Wildman–Crippen LogP) is 7.88. The van der Waals surface area contributed by atoms with Gasteiger partial charge in [-0.15, -0.1) is 0 Å². The van der Waals surface area contributed by atoms with Crippen LogP contribution in [0.15, 0.2) is 24.3 Å². The van der Waals surface area contributed by atoms with Crippen LogP contribution in [0.5, 0.6) is 0 Å².